The third-order valence-corrected chi connectivity index (χ3v) is 6.25. The number of phenols is 1. The van der Waals surface area contributed by atoms with Gasteiger partial charge in [-0.2, -0.15) is 0 Å². The summed E-state index contributed by atoms with van der Waals surface area (Å²) in [6.45, 7) is 0.180. The summed E-state index contributed by atoms with van der Waals surface area (Å²) in [7, 11) is 0. The molecule has 0 aliphatic carbocycles. The molecule has 0 bridgehead atoms. The highest BCUT2D eigenvalue weighted by Gasteiger charge is 2.34. The van der Waals surface area contributed by atoms with Crippen molar-refractivity contribution in [3.63, 3.8) is 0 Å². The zero-order chi connectivity index (χ0) is 25.3. The Morgan fingerprint density at radius 2 is 1.32 bits per heavy atom. The second-order valence-corrected chi connectivity index (χ2v) is 8.70. The number of hydrogen-bond donors (Lipinski definition) is 2. The zero-order valence-electron chi connectivity index (χ0n) is 20.3. The highest BCUT2D eigenvalue weighted by atomic mass is 35.5. The van der Waals surface area contributed by atoms with Crippen molar-refractivity contribution in [3.8, 4) is 5.75 Å². The zero-order valence-corrected chi connectivity index (χ0v) is 21.1. The summed E-state index contributed by atoms with van der Waals surface area (Å²) in [4.78, 5) is 32.7. The SMILES string of the molecule is Cl.NC(=O)[C@@H](CCc1ccncc1)N(Cc1ccc(O)cc1)C(=O)C(c1ccccc1)c1ccccc1. The van der Waals surface area contributed by atoms with Crippen LogP contribution in [-0.2, 0) is 22.6 Å². The average Bonchev–Trinajstić information content (AvgIpc) is 2.91. The minimum atomic E-state index is -0.825. The van der Waals surface area contributed by atoms with Gasteiger partial charge in [0.15, 0.2) is 0 Å². The first kappa shape index (κ1) is 27.4. The number of nitrogens with zero attached hydrogens (tertiary/aromatic N) is 2. The van der Waals surface area contributed by atoms with E-state index in [9.17, 15) is 14.7 Å². The van der Waals surface area contributed by atoms with Gasteiger partial charge in [0.05, 0.1) is 5.92 Å². The number of aromatic nitrogens is 1. The van der Waals surface area contributed by atoms with Crippen molar-refractivity contribution < 1.29 is 14.7 Å². The van der Waals surface area contributed by atoms with E-state index in [1.54, 1.807) is 41.6 Å². The molecule has 0 aliphatic rings. The maximum Gasteiger partial charge on any atom is 0.240 e. The van der Waals surface area contributed by atoms with Crippen LogP contribution < -0.4 is 5.73 Å². The van der Waals surface area contributed by atoms with Crippen molar-refractivity contribution in [2.45, 2.75) is 31.3 Å². The lowest BCUT2D eigenvalue weighted by Gasteiger charge is -2.33. The van der Waals surface area contributed by atoms with Crippen LogP contribution in [0.15, 0.2) is 109 Å². The van der Waals surface area contributed by atoms with E-state index in [1.165, 1.54) is 0 Å². The standard InChI is InChI=1S/C30H29N3O3.ClH/c31-29(35)27(16-13-22-17-19-32-20-18-22)33(21-23-11-14-26(34)15-12-23)30(36)28(24-7-3-1-4-8-24)25-9-5-2-6-10-25;/h1-12,14-15,17-20,27-28,34H,13,16,21H2,(H2,31,35);1H/t27-;/m1./s1. The topological polar surface area (TPSA) is 96.5 Å². The van der Waals surface area contributed by atoms with Gasteiger partial charge in [0.1, 0.15) is 11.8 Å². The van der Waals surface area contributed by atoms with E-state index in [0.717, 1.165) is 22.3 Å². The number of aromatic hydroxyl groups is 1. The van der Waals surface area contributed by atoms with Crippen molar-refractivity contribution in [2.24, 2.45) is 5.73 Å². The van der Waals surface area contributed by atoms with E-state index >= 15 is 0 Å². The lowest BCUT2D eigenvalue weighted by molar-refractivity contribution is -0.140. The largest absolute Gasteiger partial charge is 0.508 e. The molecule has 6 nitrogen and oxygen atoms in total. The van der Waals surface area contributed by atoms with Crippen LogP contribution in [0.2, 0.25) is 0 Å². The summed E-state index contributed by atoms with van der Waals surface area (Å²) in [6, 6.07) is 28.7. The van der Waals surface area contributed by atoms with E-state index in [2.05, 4.69) is 4.98 Å². The highest BCUT2D eigenvalue weighted by Crippen LogP contribution is 2.29. The molecule has 0 fully saturated rings. The number of nitrogens with two attached hydrogens (primary N) is 1. The second kappa shape index (κ2) is 13.2. The predicted molar refractivity (Wildman–Crippen MR) is 146 cm³/mol. The Hall–Kier alpha value is -4.16. The smallest absolute Gasteiger partial charge is 0.240 e. The minimum Gasteiger partial charge on any atom is -0.508 e. The number of aryl methyl sites for hydroxylation is 1. The molecule has 0 saturated carbocycles. The predicted octanol–water partition coefficient (Wildman–Crippen LogP) is 4.86. The van der Waals surface area contributed by atoms with Crippen molar-refractivity contribution in [1.82, 2.24) is 9.88 Å². The summed E-state index contributed by atoms with van der Waals surface area (Å²) in [5.41, 5.74) is 9.38. The van der Waals surface area contributed by atoms with Crippen LogP contribution in [0.25, 0.3) is 0 Å². The summed E-state index contributed by atoms with van der Waals surface area (Å²) < 4.78 is 0. The molecule has 2 amide bonds. The molecule has 0 radical (unpaired) electrons. The van der Waals surface area contributed by atoms with Crippen LogP contribution in [0.5, 0.6) is 5.75 Å². The first-order chi connectivity index (χ1) is 17.5. The van der Waals surface area contributed by atoms with E-state index in [-0.39, 0.29) is 30.6 Å². The van der Waals surface area contributed by atoms with Crippen molar-refractivity contribution in [3.05, 3.63) is 132 Å². The Labute approximate surface area is 223 Å². The number of carbonyl (C=O) groups is 2. The molecule has 0 spiro atoms. The normalized spacial score (nSPS) is 11.4. The third kappa shape index (κ3) is 7.18. The molecule has 0 unspecified atom stereocenters. The van der Waals surface area contributed by atoms with E-state index in [0.29, 0.717) is 12.8 Å². The third-order valence-electron chi connectivity index (χ3n) is 6.25. The summed E-state index contributed by atoms with van der Waals surface area (Å²) in [5, 5.41) is 9.73. The number of pyridine rings is 1. The maximum atomic E-state index is 14.3. The first-order valence-corrected chi connectivity index (χ1v) is 11.9. The number of hydrogen-bond acceptors (Lipinski definition) is 4. The van der Waals surface area contributed by atoms with Crippen molar-refractivity contribution >= 4 is 24.2 Å². The molecule has 3 N–H and O–H groups in total. The Balaban J connectivity index is 0.00000380. The Bertz CT molecular complexity index is 1230. The number of benzene rings is 3. The van der Waals surface area contributed by atoms with Gasteiger partial charge in [-0.3, -0.25) is 14.6 Å². The van der Waals surface area contributed by atoms with Gasteiger partial charge in [0, 0.05) is 18.9 Å². The Morgan fingerprint density at radius 1 is 0.784 bits per heavy atom. The number of primary amides is 1. The molecule has 1 aromatic heterocycles. The lowest BCUT2D eigenvalue weighted by atomic mass is 9.89. The monoisotopic (exact) mass is 515 g/mol. The van der Waals surface area contributed by atoms with Crippen molar-refractivity contribution in [2.75, 3.05) is 0 Å². The molecular formula is C30H30ClN3O3. The van der Waals surface area contributed by atoms with Crippen molar-refractivity contribution in [1.29, 1.82) is 0 Å². The fourth-order valence-electron chi connectivity index (χ4n) is 4.38. The number of phenolic OH excluding ortho intramolecular Hbond substituents is 1. The fourth-order valence-corrected chi connectivity index (χ4v) is 4.38. The molecule has 4 rings (SSSR count). The molecule has 4 aromatic rings. The van der Waals surface area contributed by atoms with Crippen LogP contribution in [-0.4, -0.2) is 32.8 Å². The molecule has 0 aliphatic heterocycles. The molecule has 190 valence electrons. The van der Waals surface area contributed by atoms with Crippen LogP contribution in [0.3, 0.4) is 0 Å². The Morgan fingerprint density at radius 3 is 1.84 bits per heavy atom. The maximum absolute atomic E-state index is 14.3. The van der Waals surface area contributed by atoms with E-state index in [1.807, 2.05) is 72.8 Å². The molecule has 0 saturated heterocycles. The molecule has 7 heteroatoms. The molecule has 3 aromatic carbocycles. The van der Waals surface area contributed by atoms with Gasteiger partial charge in [0.25, 0.3) is 0 Å². The Kier molecular flexibility index (Phi) is 9.81. The summed E-state index contributed by atoms with van der Waals surface area (Å²) in [5.74, 6) is -1.24. The molecule has 1 heterocycles. The van der Waals surface area contributed by atoms with Gasteiger partial charge >= 0.3 is 0 Å². The van der Waals surface area contributed by atoms with E-state index < -0.39 is 17.9 Å². The van der Waals surface area contributed by atoms with Gasteiger partial charge in [0.2, 0.25) is 11.8 Å². The first-order valence-electron chi connectivity index (χ1n) is 11.9. The summed E-state index contributed by atoms with van der Waals surface area (Å²) >= 11 is 0. The van der Waals surface area contributed by atoms with Gasteiger partial charge in [-0.05, 0) is 59.4 Å². The van der Waals surface area contributed by atoms with E-state index in [4.69, 9.17) is 5.73 Å². The molecule has 1 atom stereocenters. The van der Waals surface area contributed by atoms with Gasteiger partial charge in [-0.25, -0.2) is 0 Å². The second-order valence-electron chi connectivity index (χ2n) is 8.70. The van der Waals surface area contributed by atoms with Gasteiger partial charge < -0.3 is 15.7 Å². The fraction of sp³-hybridized carbons (Fsp3) is 0.167. The quantitative estimate of drug-likeness (QED) is 0.315. The molecular weight excluding hydrogens is 486 g/mol. The van der Waals surface area contributed by atoms with Gasteiger partial charge in [-0.1, -0.05) is 72.8 Å². The molecule has 37 heavy (non-hydrogen) atoms. The number of amides is 2. The summed E-state index contributed by atoms with van der Waals surface area (Å²) in [6.07, 6.45) is 4.35. The number of halogens is 1. The van der Waals surface area contributed by atoms with Crippen LogP contribution in [0, 0.1) is 0 Å². The minimum absolute atomic E-state index is 0. The number of carbonyl (C=O) groups excluding carboxylic acids is 2. The number of rotatable bonds is 10. The van der Waals surface area contributed by atoms with Gasteiger partial charge in [-0.15, -0.1) is 12.4 Å². The van der Waals surface area contributed by atoms with Crippen LogP contribution in [0.4, 0.5) is 0 Å². The van der Waals surface area contributed by atoms with Crippen LogP contribution in [0.1, 0.15) is 34.6 Å². The lowest BCUT2D eigenvalue weighted by Crippen LogP contribution is -2.49. The average molecular weight is 516 g/mol. The highest BCUT2D eigenvalue weighted by molar-refractivity contribution is 5.92. The van der Waals surface area contributed by atoms with Crippen LogP contribution >= 0.6 is 12.4 Å².